The summed E-state index contributed by atoms with van der Waals surface area (Å²) in [6.07, 6.45) is 0. The summed E-state index contributed by atoms with van der Waals surface area (Å²) >= 11 is 0. The van der Waals surface area contributed by atoms with Crippen LogP contribution in [0.25, 0.3) is 0 Å². The van der Waals surface area contributed by atoms with Gasteiger partial charge in [0.1, 0.15) is 10.6 Å². The molecule has 1 aromatic rings. The predicted molar refractivity (Wildman–Crippen MR) is 48.6 cm³/mol. The first-order chi connectivity index (χ1) is 6.11. The van der Waals surface area contributed by atoms with Crippen molar-refractivity contribution in [1.82, 2.24) is 0 Å². The predicted octanol–water partition coefficient (Wildman–Crippen LogP) is 0.591. The van der Waals surface area contributed by atoms with Gasteiger partial charge in [0, 0.05) is 6.54 Å². The maximum atomic E-state index is 11.5. The summed E-state index contributed by atoms with van der Waals surface area (Å²) in [5.41, 5.74) is 0.492. The lowest BCUT2D eigenvalue weighted by molar-refractivity contribution is 0.459. The van der Waals surface area contributed by atoms with Gasteiger partial charge in [-0.15, -0.1) is 0 Å². The average molecular weight is 199 g/mol. The second-order valence-corrected chi connectivity index (χ2v) is 4.95. The number of rotatable bonds is 0. The Morgan fingerprint density at radius 1 is 1.38 bits per heavy atom. The molecule has 0 saturated carbocycles. The number of hydrogen-bond donors (Lipinski definition) is 2. The molecule has 2 rings (SSSR count). The molecular weight excluding hydrogens is 190 g/mol. The molecule has 0 amide bonds. The summed E-state index contributed by atoms with van der Waals surface area (Å²) in [5.74, 6) is -0.137. The quantitative estimate of drug-likeness (QED) is 0.641. The highest BCUT2D eigenvalue weighted by molar-refractivity contribution is 7.91. The van der Waals surface area contributed by atoms with Crippen LogP contribution < -0.4 is 5.32 Å². The van der Waals surface area contributed by atoms with Gasteiger partial charge in [-0.3, -0.25) is 0 Å². The highest BCUT2D eigenvalue weighted by atomic mass is 32.2. The molecule has 1 aromatic carbocycles. The number of benzene rings is 1. The van der Waals surface area contributed by atoms with Crippen LogP contribution in [0.2, 0.25) is 0 Å². The average Bonchev–Trinajstić information content (AvgIpc) is 2.02. The highest BCUT2D eigenvalue weighted by Gasteiger charge is 2.26. The second kappa shape index (κ2) is 2.63. The van der Waals surface area contributed by atoms with E-state index < -0.39 is 9.84 Å². The molecule has 1 heterocycles. The summed E-state index contributed by atoms with van der Waals surface area (Å²) in [6.45, 7) is 0.402. The SMILES string of the molecule is O=S1(=O)CCNc2cccc(O)c21. The van der Waals surface area contributed by atoms with Crippen LogP contribution in [0, 0.1) is 0 Å². The van der Waals surface area contributed by atoms with Crippen molar-refractivity contribution in [2.45, 2.75) is 4.90 Å². The summed E-state index contributed by atoms with van der Waals surface area (Å²) in [4.78, 5) is 0.0289. The number of phenolic OH excluding ortho intramolecular Hbond substituents is 1. The van der Waals surface area contributed by atoms with Gasteiger partial charge in [0.05, 0.1) is 11.4 Å². The minimum atomic E-state index is -3.29. The first-order valence-corrected chi connectivity index (χ1v) is 5.55. The van der Waals surface area contributed by atoms with Crippen LogP contribution in [0.5, 0.6) is 5.75 Å². The Kier molecular flexibility index (Phi) is 1.69. The zero-order chi connectivity index (χ0) is 9.47. The van der Waals surface area contributed by atoms with Crippen molar-refractivity contribution in [3.63, 3.8) is 0 Å². The van der Waals surface area contributed by atoms with Crippen LogP contribution in [-0.4, -0.2) is 25.8 Å². The van der Waals surface area contributed by atoms with Crippen LogP contribution in [0.15, 0.2) is 23.1 Å². The number of hydrogen-bond acceptors (Lipinski definition) is 4. The summed E-state index contributed by atoms with van der Waals surface area (Å²) in [7, 11) is -3.29. The Labute approximate surface area is 76.1 Å². The van der Waals surface area contributed by atoms with Gasteiger partial charge >= 0.3 is 0 Å². The van der Waals surface area contributed by atoms with Crippen molar-refractivity contribution in [2.75, 3.05) is 17.6 Å². The van der Waals surface area contributed by atoms with Gasteiger partial charge in [-0.25, -0.2) is 8.42 Å². The van der Waals surface area contributed by atoms with Gasteiger partial charge in [-0.1, -0.05) is 6.07 Å². The fourth-order valence-electron chi connectivity index (χ4n) is 1.41. The van der Waals surface area contributed by atoms with E-state index in [0.717, 1.165) is 0 Å². The number of fused-ring (bicyclic) bond motifs is 1. The molecule has 2 N–H and O–H groups in total. The second-order valence-electron chi connectivity index (χ2n) is 2.90. The Balaban J connectivity index is 2.75. The fraction of sp³-hybridized carbons (Fsp3) is 0.250. The first-order valence-electron chi connectivity index (χ1n) is 3.90. The molecule has 13 heavy (non-hydrogen) atoms. The smallest absolute Gasteiger partial charge is 0.185 e. The molecule has 0 unspecified atom stereocenters. The van der Waals surface area contributed by atoms with Gasteiger partial charge in [-0.2, -0.15) is 0 Å². The molecule has 5 heteroatoms. The topological polar surface area (TPSA) is 66.4 Å². The highest BCUT2D eigenvalue weighted by Crippen LogP contribution is 2.33. The Hall–Kier alpha value is -1.23. The number of aromatic hydroxyl groups is 1. The number of phenols is 1. The van der Waals surface area contributed by atoms with E-state index in [2.05, 4.69) is 5.32 Å². The summed E-state index contributed by atoms with van der Waals surface area (Å²) in [5, 5.41) is 12.3. The molecule has 0 aliphatic carbocycles. The summed E-state index contributed by atoms with van der Waals surface area (Å²) in [6, 6.07) is 4.64. The third-order valence-corrected chi connectivity index (χ3v) is 3.78. The molecule has 70 valence electrons. The number of anilines is 1. The van der Waals surface area contributed by atoms with E-state index in [4.69, 9.17) is 0 Å². The largest absolute Gasteiger partial charge is 0.507 e. The number of sulfone groups is 1. The zero-order valence-electron chi connectivity index (χ0n) is 6.82. The minimum Gasteiger partial charge on any atom is -0.507 e. The molecule has 0 atom stereocenters. The molecule has 0 fully saturated rings. The Bertz CT molecular complexity index is 439. The van der Waals surface area contributed by atoms with E-state index >= 15 is 0 Å². The van der Waals surface area contributed by atoms with Crippen molar-refractivity contribution in [3.05, 3.63) is 18.2 Å². The number of nitrogens with one attached hydrogen (secondary N) is 1. The van der Waals surface area contributed by atoms with E-state index in [1.54, 1.807) is 12.1 Å². The molecule has 1 aliphatic rings. The van der Waals surface area contributed by atoms with Gasteiger partial charge in [-0.05, 0) is 12.1 Å². The van der Waals surface area contributed by atoms with Crippen LogP contribution in [-0.2, 0) is 9.84 Å². The van der Waals surface area contributed by atoms with Crippen LogP contribution >= 0.6 is 0 Å². The normalized spacial score (nSPS) is 18.8. The van der Waals surface area contributed by atoms with Crippen molar-refractivity contribution in [1.29, 1.82) is 0 Å². The Morgan fingerprint density at radius 3 is 2.85 bits per heavy atom. The lowest BCUT2D eigenvalue weighted by Gasteiger charge is -2.18. The summed E-state index contributed by atoms with van der Waals surface area (Å²) < 4.78 is 23.0. The molecule has 4 nitrogen and oxygen atoms in total. The van der Waals surface area contributed by atoms with Gasteiger partial charge in [0.25, 0.3) is 0 Å². The molecule has 0 saturated heterocycles. The van der Waals surface area contributed by atoms with Crippen molar-refractivity contribution in [2.24, 2.45) is 0 Å². The van der Waals surface area contributed by atoms with Crippen LogP contribution in [0.3, 0.4) is 0 Å². The van der Waals surface area contributed by atoms with E-state index in [0.29, 0.717) is 12.2 Å². The lowest BCUT2D eigenvalue weighted by atomic mass is 10.3. The van der Waals surface area contributed by atoms with Gasteiger partial charge in [0.15, 0.2) is 9.84 Å². The van der Waals surface area contributed by atoms with E-state index in [9.17, 15) is 13.5 Å². The van der Waals surface area contributed by atoms with E-state index in [1.807, 2.05) is 0 Å². The third kappa shape index (κ3) is 1.25. The minimum absolute atomic E-state index is 0.0289. The van der Waals surface area contributed by atoms with Crippen molar-refractivity contribution < 1.29 is 13.5 Å². The van der Waals surface area contributed by atoms with Crippen LogP contribution in [0.4, 0.5) is 5.69 Å². The van der Waals surface area contributed by atoms with Gasteiger partial charge < -0.3 is 10.4 Å². The standard InChI is InChI=1S/C8H9NO3S/c10-7-3-1-2-6-8(7)13(11,12)5-4-9-6/h1-3,9-10H,4-5H2. The lowest BCUT2D eigenvalue weighted by Crippen LogP contribution is -2.23. The molecular formula is C8H9NO3S. The van der Waals surface area contributed by atoms with Gasteiger partial charge in [0.2, 0.25) is 0 Å². The maximum Gasteiger partial charge on any atom is 0.185 e. The monoisotopic (exact) mass is 199 g/mol. The molecule has 0 bridgehead atoms. The van der Waals surface area contributed by atoms with Crippen LogP contribution in [0.1, 0.15) is 0 Å². The van der Waals surface area contributed by atoms with E-state index in [1.165, 1.54) is 6.07 Å². The van der Waals surface area contributed by atoms with Crippen molar-refractivity contribution >= 4 is 15.5 Å². The maximum absolute atomic E-state index is 11.5. The zero-order valence-corrected chi connectivity index (χ0v) is 7.63. The third-order valence-electron chi connectivity index (χ3n) is 1.99. The van der Waals surface area contributed by atoms with E-state index in [-0.39, 0.29) is 16.4 Å². The van der Waals surface area contributed by atoms with Crippen molar-refractivity contribution in [3.8, 4) is 5.75 Å². The molecule has 0 spiro atoms. The fourth-order valence-corrected chi connectivity index (χ4v) is 2.85. The molecule has 1 aliphatic heterocycles. The first kappa shape index (κ1) is 8.37. The Morgan fingerprint density at radius 2 is 2.15 bits per heavy atom. The molecule has 0 aromatic heterocycles. The molecule has 0 radical (unpaired) electrons.